The van der Waals surface area contributed by atoms with Crippen LogP contribution in [0.15, 0.2) is 24.3 Å². The van der Waals surface area contributed by atoms with E-state index in [2.05, 4.69) is 10.1 Å². The number of esters is 1. The van der Waals surface area contributed by atoms with E-state index < -0.39 is 0 Å². The van der Waals surface area contributed by atoms with Crippen LogP contribution in [-0.2, 0) is 16.1 Å². The van der Waals surface area contributed by atoms with Crippen molar-refractivity contribution < 1.29 is 13.9 Å². The Morgan fingerprint density at radius 1 is 1.41 bits per heavy atom. The highest BCUT2D eigenvalue weighted by Gasteiger charge is 2.11. The molecule has 1 rings (SSSR count). The van der Waals surface area contributed by atoms with Gasteiger partial charge in [-0.3, -0.25) is 4.79 Å². The number of rotatable bonds is 6. The first kappa shape index (κ1) is 13.6. The molecule has 0 aliphatic heterocycles. The molecule has 1 unspecified atom stereocenters. The van der Waals surface area contributed by atoms with Crippen molar-refractivity contribution in [1.29, 1.82) is 0 Å². The monoisotopic (exact) mass is 239 g/mol. The highest BCUT2D eigenvalue weighted by atomic mass is 19.1. The molecule has 0 saturated heterocycles. The Bertz CT molecular complexity index is 351. The first-order chi connectivity index (χ1) is 8.15. The fourth-order valence-corrected chi connectivity index (χ4v) is 1.51. The summed E-state index contributed by atoms with van der Waals surface area (Å²) in [6, 6.07) is 6.41. The van der Waals surface area contributed by atoms with E-state index in [0.29, 0.717) is 13.0 Å². The average Bonchev–Trinajstić information content (AvgIpc) is 2.36. The van der Waals surface area contributed by atoms with Crippen LogP contribution in [-0.4, -0.2) is 19.1 Å². The van der Waals surface area contributed by atoms with Gasteiger partial charge in [0.1, 0.15) is 5.82 Å². The van der Waals surface area contributed by atoms with Gasteiger partial charge in [-0.1, -0.05) is 19.1 Å². The molecule has 0 aliphatic rings. The Morgan fingerprint density at radius 2 is 2.06 bits per heavy atom. The number of ether oxygens (including phenoxy) is 1. The molecule has 0 radical (unpaired) electrons. The minimum absolute atomic E-state index is 0.0903. The zero-order chi connectivity index (χ0) is 12.7. The molecule has 0 fully saturated rings. The van der Waals surface area contributed by atoms with E-state index in [1.165, 1.54) is 19.2 Å². The second kappa shape index (κ2) is 7.01. The van der Waals surface area contributed by atoms with Gasteiger partial charge in [0, 0.05) is 12.6 Å². The molecule has 1 N–H and O–H groups in total. The second-order valence-electron chi connectivity index (χ2n) is 3.89. The van der Waals surface area contributed by atoms with Gasteiger partial charge < -0.3 is 10.1 Å². The quantitative estimate of drug-likeness (QED) is 0.774. The Morgan fingerprint density at radius 3 is 2.59 bits per heavy atom. The third-order valence-corrected chi connectivity index (χ3v) is 2.64. The number of carbonyl (C=O) groups excluding carboxylic acids is 1. The lowest BCUT2D eigenvalue weighted by Crippen LogP contribution is -2.30. The van der Waals surface area contributed by atoms with E-state index in [4.69, 9.17) is 0 Å². The summed E-state index contributed by atoms with van der Waals surface area (Å²) < 4.78 is 17.3. The molecule has 0 heterocycles. The summed E-state index contributed by atoms with van der Waals surface area (Å²) in [6.45, 7) is 2.63. The van der Waals surface area contributed by atoms with Crippen LogP contribution in [0.4, 0.5) is 4.39 Å². The Kier molecular flexibility index (Phi) is 5.63. The fourth-order valence-electron chi connectivity index (χ4n) is 1.51. The van der Waals surface area contributed by atoms with E-state index in [1.54, 1.807) is 12.1 Å². The van der Waals surface area contributed by atoms with Gasteiger partial charge in [-0.15, -0.1) is 0 Å². The van der Waals surface area contributed by atoms with Gasteiger partial charge in [0.05, 0.1) is 13.5 Å². The summed E-state index contributed by atoms with van der Waals surface area (Å²) in [7, 11) is 1.38. The number of nitrogens with one attached hydrogen (secondary N) is 1. The minimum Gasteiger partial charge on any atom is -0.469 e. The molecule has 1 aromatic rings. The Labute approximate surface area is 101 Å². The van der Waals surface area contributed by atoms with Gasteiger partial charge in [-0.05, 0) is 24.1 Å². The average molecular weight is 239 g/mol. The molecule has 0 amide bonds. The third kappa shape index (κ3) is 4.95. The molecule has 94 valence electrons. The van der Waals surface area contributed by atoms with Crippen molar-refractivity contribution in [3.63, 3.8) is 0 Å². The van der Waals surface area contributed by atoms with Crippen LogP contribution in [0, 0.1) is 5.82 Å². The van der Waals surface area contributed by atoms with Crippen molar-refractivity contribution in [2.24, 2.45) is 0 Å². The van der Waals surface area contributed by atoms with Crippen LogP contribution in [0.2, 0.25) is 0 Å². The molecule has 0 spiro atoms. The molecule has 1 aromatic carbocycles. The maximum Gasteiger partial charge on any atom is 0.307 e. The lowest BCUT2D eigenvalue weighted by Gasteiger charge is -2.15. The van der Waals surface area contributed by atoms with E-state index in [0.717, 1.165) is 12.0 Å². The van der Waals surface area contributed by atoms with E-state index >= 15 is 0 Å². The highest BCUT2D eigenvalue weighted by Crippen LogP contribution is 2.05. The van der Waals surface area contributed by atoms with Crippen molar-refractivity contribution in [1.82, 2.24) is 5.32 Å². The first-order valence-corrected chi connectivity index (χ1v) is 5.70. The summed E-state index contributed by atoms with van der Waals surface area (Å²) in [5, 5.41) is 3.25. The molecule has 17 heavy (non-hydrogen) atoms. The van der Waals surface area contributed by atoms with Crippen LogP contribution in [0.3, 0.4) is 0 Å². The zero-order valence-electron chi connectivity index (χ0n) is 10.2. The summed E-state index contributed by atoms with van der Waals surface area (Å²) in [5.74, 6) is -0.459. The number of halogens is 1. The normalized spacial score (nSPS) is 12.2. The van der Waals surface area contributed by atoms with Crippen LogP contribution < -0.4 is 5.32 Å². The second-order valence-corrected chi connectivity index (χ2v) is 3.89. The minimum atomic E-state index is -0.240. The third-order valence-electron chi connectivity index (χ3n) is 2.64. The largest absolute Gasteiger partial charge is 0.469 e. The van der Waals surface area contributed by atoms with Crippen molar-refractivity contribution in [3.8, 4) is 0 Å². The standard InChI is InChI=1S/C13H18FNO2/c1-3-12(8-13(16)17-2)15-9-10-4-6-11(14)7-5-10/h4-7,12,15H,3,8-9H2,1-2H3. The van der Waals surface area contributed by atoms with Crippen LogP contribution in [0.1, 0.15) is 25.3 Å². The summed E-state index contributed by atoms with van der Waals surface area (Å²) in [5.41, 5.74) is 0.995. The van der Waals surface area contributed by atoms with Crippen molar-refractivity contribution >= 4 is 5.97 Å². The Balaban J connectivity index is 2.42. The lowest BCUT2D eigenvalue weighted by molar-refractivity contribution is -0.141. The first-order valence-electron chi connectivity index (χ1n) is 5.70. The summed E-state index contributed by atoms with van der Waals surface area (Å²) in [4.78, 5) is 11.1. The highest BCUT2D eigenvalue weighted by molar-refractivity contribution is 5.69. The van der Waals surface area contributed by atoms with Crippen LogP contribution >= 0.6 is 0 Å². The molecule has 0 aromatic heterocycles. The van der Waals surface area contributed by atoms with Crippen LogP contribution in [0.5, 0.6) is 0 Å². The predicted octanol–water partition coefficient (Wildman–Crippen LogP) is 2.26. The summed E-state index contributed by atoms with van der Waals surface area (Å²) >= 11 is 0. The molecule has 0 aliphatic carbocycles. The van der Waals surface area contributed by atoms with Crippen molar-refractivity contribution in [3.05, 3.63) is 35.6 Å². The SMILES string of the molecule is CCC(CC(=O)OC)NCc1ccc(F)cc1. The molecular formula is C13H18FNO2. The number of methoxy groups -OCH3 is 1. The number of hydrogen-bond donors (Lipinski definition) is 1. The fraction of sp³-hybridized carbons (Fsp3) is 0.462. The van der Waals surface area contributed by atoms with E-state index in [9.17, 15) is 9.18 Å². The molecule has 4 heteroatoms. The summed E-state index contributed by atoms with van der Waals surface area (Å²) in [6.07, 6.45) is 1.20. The van der Waals surface area contributed by atoms with Gasteiger partial charge in [-0.2, -0.15) is 0 Å². The zero-order valence-corrected chi connectivity index (χ0v) is 10.2. The van der Waals surface area contributed by atoms with Crippen molar-refractivity contribution in [2.45, 2.75) is 32.4 Å². The van der Waals surface area contributed by atoms with Crippen LogP contribution in [0.25, 0.3) is 0 Å². The molecule has 3 nitrogen and oxygen atoms in total. The van der Waals surface area contributed by atoms with Gasteiger partial charge in [-0.25, -0.2) is 4.39 Å². The van der Waals surface area contributed by atoms with Gasteiger partial charge in [0.15, 0.2) is 0 Å². The molecular weight excluding hydrogens is 221 g/mol. The number of carbonyl (C=O) groups is 1. The molecule has 1 atom stereocenters. The number of benzene rings is 1. The predicted molar refractivity (Wildman–Crippen MR) is 64.0 cm³/mol. The van der Waals surface area contributed by atoms with E-state index in [-0.39, 0.29) is 17.8 Å². The van der Waals surface area contributed by atoms with Gasteiger partial charge in [0.25, 0.3) is 0 Å². The van der Waals surface area contributed by atoms with Gasteiger partial charge in [0.2, 0.25) is 0 Å². The molecule has 0 saturated carbocycles. The lowest BCUT2D eigenvalue weighted by atomic mass is 10.1. The molecule has 0 bridgehead atoms. The Hall–Kier alpha value is -1.42. The van der Waals surface area contributed by atoms with Crippen molar-refractivity contribution in [2.75, 3.05) is 7.11 Å². The number of hydrogen-bond acceptors (Lipinski definition) is 3. The maximum atomic E-state index is 12.7. The smallest absolute Gasteiger partial charge is 0.307 e. The van der Waals surface area contributed by atoms with Gasteiger partial charge >= 0.3 is 5.97 Å². The van der Waals surface area contributed by atoms with E-state index in [1.807, 2.05) is 6.92 Å². The maximum absolute atomic E-state index is 12.7. The topological polar surface area (TPSA) is 38.3 Å².